The Bertz CT molecular complexity index is 1110. The molecule has 0 radical (unpaired) electrons. The van der Waals surface area contributed by atoms with Crippen LogP contribution in [0.3, 0.4) is 0 Å². The first-order valence-electron chi connectivity index (χ1n) is 15.7. The summed E-state index contributed by atoms with van der Waals surface area (Å²) in [6.45, 7) is 14.2. The number of carbonyl (C=O) groups is 2. The second kappa shape index (κ2) is 14.8. The van der Waals surface area contributed by atoms with Gasteiger partial charge in [-0.05, 0) is 98.8 Å². The van der Waals surface area contributed by atoms with E-state index in [1.807, 2.05) is 20.8 Å². The number of carboxylic acid groups (broad SMARTS) is 1. The van der Waals surface area contributed by atoms with Crippen molar-refractivity contribution in [3.63, 3.8) is 0 Å². The standard InChI is InChI=1S/C34H53NO7/c1-20(2)10-13-27(36)32(39)35-19-25-14-15-34(5,6)30(42-25)18-28(37)21(3)11-12-26-22(4)24(16-23-8-7-9-23)17-29(38)31(26)33(40)41/h17,21,23,25,27-28,30,36-38H,1,7-16,18-19H2,2-6H3,(H,35,39)(H,40,41)/t21-,25-,27-,28-,30+/m0/s1. The second-order valence-corrected chi connectivity index (χ2v) is 13.7. The highest BCUT2D eigenvalue weighted by atomic mass is 16.5. The molecule has 42 heavy (non-hydrogen) atoms. The van der Waals surface area contributed by atoms with Crippen molar-refractivity contribution >= 4 is 11.9 Å². The summed E-state index contributed by atoms with van der Waals surface area (Å²) < 4.78 is 6.39. The summed E-state index contributed by atoms with van der Waals surface area (Å²) in [6.07, 6.45) is 6.29. The van der Waals surface area contributed by atoms with Gasteiger partial charge in [-0.1, -0.05) is 45.6 Å². The minimum absolute atomic E-state index is 0.0297. The summed E-state index contributed by atoms with van der Waals surface area (Å²) in [5.74, 6) is -1.24. The molecule has 1 saturated carbocycles. The van der Waals surface area contributed by atoms with E-state index in [4.69, 9.17) is 4.74 Å². The number of aromatic carboxylic acids is 1. The van der Waals surface area contributed by atoms with Crippen molar-refractivity contribution in [2.24, 2.45) is 17.3 Å². The molecule has 3 rings (SSSR count). The number of allylic oxidation sites excluding steroid dienone is 1. The van der Waals surface area contributed by atoms with E-state index in [1.165, 1.54) is 19.3 Å². The van der Waals surface area contributed by atoms with Gasteiger partial charge >= 0.3 is 5.97 Å². The molecule has 0 spiro atoms. The maximum atomic E-state index is 12.3. The SMILES string of the molecule is C=C(C)CC[C@H](O)C(=O)NC[C@@H]1CCC(C)(C)[C@@H](C[C@H](O)[C@@H](C)CCc2c(C)c(CC3CCC3)cc(O)c2C(=O)O)O1. The summed E-state index contributed by atoms with van der Waals surface area (Å²) >= 11 is 0. The molecule has 1 aliphatic carbocycles. The van der Waals surface area contributed by atoms with E-state index in [9.17, 15) is 30.0 Å². The van der Waals surface area contributed by atoms with Crippen LogP contribution in [0.4, 0.5) is 0 Å². The number of rotatable bonds is 15. The van der Waals surface area contributed by atoms with Gasteiger partial charge < -0.3 is 30.5 Å². The van der Waals surface area contributed by atoms with Crippen molar-refractivity contribution in [2.45, 2.75) is 130 Å². The number of aliphatic hydroxyl groups excluding tert-OH is 2. The quantitative estimate of drug-likeness (QED) is 0.172. The number of carboxylic acids is 1. The van der Waals surface area contributed by atoms with Crippen LogP contribution in [0, 0.1) is 24.2 Å². The van der Waals surface area contributed by atoms with E-state index in [2.05, 4.69) is 25.7 Å². The van der Waals surface area contributed by atoms with Gasteiger partial charge in [-0.3, -0.25) is 4.79 Å². The van der Waals surface area contributed by atoms with E-state index < -0.39 is 24.1 Å². The Morgan fingerprint density at radius 1 is 1.19 bits per heavy atom. The van der Waals surface area contributed by atoms with E-state index in [0.717, 1.165) is 36.0 Å². The van der Waals surface area contributed by atoms with Crippen LogP contribution in [-0.4, -0.2) is 63.3 Å². The molecular formula is C34H53NO7. The molecule has 5 N–H and O–H groups in total. The summed E-state index contributed by atoms with van der Waals surface area (Å²) in [6, 6.07) is 1.63. The number of carbonyl (C=O) groups excluding carboxylic acids is 1. The summed E-state index contributed by atoms with van der Waals surface area (Å²) in [4.78, 5) is 24.4. The molecule has 8 nitrogen and oxygen atoms in total. The molecule has 1 saturated heterocycles. The average molecular weight is 588 g/mol. The lowest BCUT2D eigenvalue weighted by Gasteiger charge is -2.43. The van der Waals surface area contributed by atoms with E-state index in [0.29, 0.717) is 50.1 Å². The molecule has 0 bridgehead atoms. The smallest absolute Gasteiger partial charge is 0.339 e. The van der Waals surface area contributed by atoms with Gasteiger partial charge in [0.05, 0.1) is 18.3 Å². The highest BCUT2D eigenvalue weighted by Gasteiger charge is 2.39. The molecule has 1 aliphatic heterocycles. The fourth-order valence-electron chi connectivity index (χ4n) is 6.22. The van der Waals surface area contributed by atoms with Crippen LogP contribution in [0.15, 0.2) is 18.2 Å². The molecule has 0 unspecified atom stereocenters. The van der Waals surface area contributed by atoms with Crippen molar-refractivity contribution in [3.05, 3.63) is 40.5 Å². The monoisotopic (exact) mass is 587 g/mol. The molecule has 1 aromatic carbocycles. The van der Waals surface area contributed by atoms with Crippen LogP contribution in [0.5, 0.6) is 5.75 Å². The number of hydrogen-bond acceptors (Lipinski definition) is 6. The molecule has 1 aromatic rings. The first kappa shape index (κ1) is 34.1. The number of phenols is 1. The lowest BCUT2D eigenvalue weighted by atomic mass is 9.75. The summed E-state index contributed by atoms with van der Waals surface area (Å²) in [7, 11) is 0. The van der Waals surface area contributed by atoms with E-state index >= 15 is 0 Å². The lowest BCUT2D eigenvalue weighted by molar-refractivity contribution is -0.141. The third-order valence-electron chi connectivity index (χ3n) is 9.70. The number of benzene rings is 1. The molecule has 2 fully saturated rings. The maximum absolute atomic E-state index is 12.3. The molecule has 236 valence electrons. The molecule has 8 heteroatoms. The van der Waals surface area contributed by atoms with Gasteiger partial charge in [0, 0.05) is 13.0 Å². The maximum Gasteiger partial charge on any atom is 0.339 e. The number of aliphatic hydroxyl groups is 2. The fourth-order valence-corrected chi connectivity index (χ4v) is 6.22. The Labute approximate surface area is 251 Å². The Morgan fingerprint density at radius 3 is 2.48 bits per heavy atom. The van der Waals surface area contributed by atoms with Crippen LogP contribution in [-0.2, 0) is 22.4 Å². The predicted octanol–water partition coefficient (Wildman–Crippen LogP) is 5.47. The van der Waals surface area contributed by atoms with Gasteiger partial charge in [0.1, 0.15) is 17.4 Å². The minimum atomic E-state index is -1.13. The topological polar surface area (TPSA) is 136 Å². The Kier molecular flexibility index (Phi) is 12.0. The van der Waals surface area contributed by atoms with Crippen molar-refractivity contribution < 1.29 is 34.8 Å². The van der Waals surface area contributed by atoms with Gasteiger partial charge in [-0.2, -0.15) is 0 Å². The van der Waals surface area contributed by atoms with Gasteiger partial charge in [0.25, 0.3) is 0 Å². The van der Waals surface area contributed by atoms with Gasteiger partial charge in [0.2, 0.25) is 5.91 Å². The Hall–Kier alpha value is -2.42. The van der Waals surface area contributed by atoms with Crippen LogP contribution in [0.1, 0.15) is 113 Å². The first-order chi connectivity index (χ1) is 19.7. The van der Waals surface area contributed by atoms with Crippen molar-refractivity contribution in [1.29, 1.82) is 0 Å². The molecule has 0 aromatic heterocycles. The Morgan fingerprint density at radius 2 is 1.88 bits per heavy atom. The fraction of sp³-hybridized carbons (Fsp3) is 0.706. The number of aromatic hydroxyl groups is 1. The molecule has 2 aliphatic rings. The van der Waals surface area contributed by atoms with Crippen LogP contribution < -0.4 is 5.32 Å². The zero-order chi connectivity index (χ0) is 31.2. The van der Waals surface area contributed by atoms with E-state index in [1.54, 1.807) is 6.07 Å². The first-order valence-corrected chi connectivity index (χ1v) is 15.7. The molecule has 1 heterocycles. The van der Waals surface area contributed by atoms with Crippen LogP contribution in [0.25, 0.3) is 0 Å². The third kappa shape index (κ3) is 9.04. The van der Waals surface area contributed by atoms with Crippen LogP contribution >= 0.6 is 0 Å². The minimum Gasteiger partial charge on any atom is -0.507 e. The van der Waals surface area contributed by atoms with Crippen molar-refractivity contribution in [3.8, 4) is 5.75 Å². The molecule has 1 amide bonds. The van der Waals surface area contributed by atoms with Crippen LogP contribution in [0.2, 0.25) is 0 Å². The van der Waals surface area contributed by atoms with Crippen molar-refractivity contribution in [2.75, 3.05) is 6.54 Å². The summed E-state index contributed by atoms with van der Waals surface area (Å²) in [5, 5.41) is 44.6. The lowest BCUT2D eigenvalue weighted by Crippen LogP contribution is -2.48. The van der Waals surface area contributed by atoms with Gasteiger partial charge in [0.15, 0.2) is 0 Å². The zero-order valence-electron chi connectivity index (χ0n) is 26.2. The molecular weight excluding hydrogens is 534 g/mol. The second-order valence-electron chi connectivity index (χ2n) is 13.7. The highest BCUT2D eigenvalue weighted by Crippen LogP contribution is 2.40. The zero-order valence-corrected chi connectivity index (χ0v) is 26.2. The number of ether oxygens (including phenoxy) is 1. The van der Waals surface area contributed by atoms with Gasteiger partial charge in [-0.25, -0.2) is 4.79 Å². The average Bonchev–Trinajstić information content (AvgIpc) is 2.89. The number of hydrogen-bond donors (Lipinski definition) is 5. The predicted molar refractivity (Wildman–Crippen MR) is 164 cm³/mol. The molecule has 5 atom stereocenters. The summed E-state index contributed by atoms with van der Waals surface area (Å²) in [5.41, 5.74) is 3.35. The number of amides is 1. The van der Waals surface area contributed by atoms with Gasteiger partial charge in [-0.15, -0.1) is 6.58 Å². The Balaban J connectivity index is 1.59. The highest BCUT2D eigenvalue weighted by molar-refractivity contribution is 5.93. The van der Waals surface area contributed by atoms with E-state index in [-0.39, 0.29) is 34.9 Å². The van der Waals surface area contributed by atoms with Crippen molar-refractivity contribution in [1.82, 2.24) is 5.32 Å². The largest absolute Gasteiger partial charge is 0.507 e. The normalized spacial score (nSPS) is 22.5. The number of nitrogens with one attached hydrogen (secondary N) is 1. The third-order valence-corrected chi connectivity index (χ3v) is 9.70.